The number of esters is 1. The van der Waals surface area contributed by atoms with E-state index in [1.165, 1.54) is 0 Å². The van der Waals surface area contributed by atoms with Gasteiger partial charge < -0.3 is 20.1 Å². The number of ether oxygens (including phenoxy) is 2. The van der Waals surface area contributed by atoms with E-state index < -0.39 is 0 Å². The molecule has 0 saturated carbocycles. The molecule has 0 radical (unpaired) electrons. The minimum atomic E-state index is -0.0947. The number of carbonyl (C=O) groups is 1. The lowest BCUT2D eigenvalue weighted by molar-refractivity contribution is -0.143. The molecule has 140 valence electrons. The van der Waals surface area contributed by atoms with E-state index in [0.717, 1.165) is 49.5 Å². The third-order valence-corrected chi connectivity index (χ3v) is 3.72. The second-order valence-electron chi connectivity index (χ2n) is 5.67. The van der Waals surface area contributed by atoms with Crippen LogP contribution in [0.4, 0.5) is 0 Å². The predicted octanol–water partition coefficient (Wildman–Crippen LogP) is 2.87. The molecule has 0 aliphatic rings. The Morgan fingerprint density at radius 3 is 2.68 bits per heavy atom. The topological polar surface area (TPSA) is 72.0 Å². The van der Waals surface area contributed by atoms with Gasteiger partial charge in [0.2, 0.25) is 0 Å². The number of hydrogen-bond acceptors (Lipinski definition) is 4. The molecule has 0 aliphatic heterocycles. The van der Waals surface area contributed by atoms with Crippen molar-refractivity contribution in [3.8, 4) is 5.75 Å². The van der Waals surface area contributed by atoms with E-state index in [0.29, 0.717) is 19.6 Å². The molecule has 0 atom stereocenters. The second kappa shape index (κ2) is 13.1. The number of nitrogens with one attached hydrogen (secondary N) is 2. The summed E-state index contributed by atoms with van der Waals surface area (Å²) in [6.45, 7) is 3.84. The van der Waals surface area contributed by atoms with E-state index >= 15 is 0 Å². The summed E-state index contributed by atoms with van der Waals surface area (Å²) in [5.74, 6) is 1.54. The molecule has 6 nitrogen and oxygen atoms in total. The van der Waals surface area contributed by atoms with Gasteiger partial charge in [-0.25, -0.2) is 0 Å². The molecule has 0 amide bonds. The Morgan fingerprint density at radius 1 is 1.16 bits per heavy atom. The summed E-state index contributed by atoms with van der Waals surface area (Å²) < 4.78 is 10.1. The van der Waals surface area contributed by atoms with Gasteiger partial charge in [0.15, 0.2) is 5.96 Å². The predicted molar refractivity (Wildman–Crippen MR) is 101 cm³/mol. The van der Waals surface area contributed by atoms with Gasteiger partial charge in [-0.05, 0) is 37.5 Å². The zero-order valence-electron chi connectivity index (χ0n) is 15.6. The number of guanidine groups is 1. The number of unbranched alkanes of at least 4 members (excludes halogenated alkanes) is 3. The molecule has 25 heavy (non-hydrogen) atoms. The molecule has 0 heterocycles. The number of benzene rings is 1. The molecular weight excluding hydrogens is 318 g/mol. The molecule has 0 bridgehead atoms. The van der Waals surface area contributed by atoms with Crippen molar-refractivity contribution in [1.29, 1.82) is 0 Å². The third-order valence-electron chi connectivity index (χ3n) is 3.72. The molecule has 0 spiro atoms. The van der Waals surface area contributed by atoms with E-state index in [-0.39, 0.29) is 5.97 Å². The summed E-state index contributed by atoms with van der Waals surface area (Å²) in [5.41, 5.74) is 1.14. The highest BCUT2D eigenvalue weighted by Gasteiger charge is 2.02. The summed E-state index contributed by atoms with van der Waals surface area (Å²) in [6, 6.07) is 7.96. The molecule has 1 rings (SSSR count). The third kappa shape index (κ3) is 9.59. The summed E-state index contributed by atoms with van der Waals surface area (Å²) in [4.78, 5) is 15.4. The number of carbonyl (C=O) groups excluding carboxylic acids is 1. The zero-order chi connectivity index (χ0) is 18.3. The molecule has 0 fully saturated rings. The zero-order valence-corrected chi connectivity index (χ0v) is 15.6. The van der Waals surface area contributed by atoms with E-state index in [1.807, 2.05) is 31.2 Å². The van der Waals surface area contributed by atoms with Crippen molar-refractivity contribution in [2.24, 2.45) is 4.99 Å². The van der Waals surface area contributed by atoms with Crippen LogP contribution >= 0.6 is 0 Å². The number of aliphatic imine (C=N–C) groups is 1. The minimum absolute atomic E-state index is 0.0947. The van der Waals surface area contributed by atoms with Gasteiger partial charge in [-0.15, -0.1) is 0 Å². The first kappa shape index (κ1) is 20.8. The molecule has 0 aromatic heterocycles. The summed E-state index contributed by atoms with van der Waals surface area (Å²) >= 11 is 0. The quantitative estimate of drug-likeness (QED) is 0.278. The van der Waals surface area contributed by atoms with E-state index in [9.17, 15) is 4.79 Å². The summed E-state index contributed by atoms with van der Waals surface area (Å²) in [5, 5.41) is 6.59. The van der Waals surface area contributed by atoms with Crippen LogP contribution in [0.5, 0.6) is 5.75 Å². The van der Waals surface area contributed by atoms with Crippen LogP contribution in [0, 0.1) is 0 Å². The number of rotatable bonds is 11. The van der Waals surface area contributed by atoms with Crippen molar-refractivity contribution in [3.63, 3.8) is 0 Å². The average molecular weight is 349 g/mol. The van der Waals surface area contributed by atoms with Gasteiger partial charge in [0, 0.05) is 26.6 Å². The Morgan fingerprint density at radius 2 is 1.96 bits per heavy atom. The Labute approximate surface area is 151 Å². The SMILES string of the molecule is CCOC(=O)CCCCCCNC(=NC)NCc1cccc(OC)c1. The van der Waals surface area contributed by atoms with Gasteiger partial charge in [0.05, 0.1) is 13.7 Å². The van der Waals surface area contributed by atoms with Crippen molar-refractivity contribution < 1.29 is 14.3 Å². The molecule has 2 N–H and O–H groups in total. The van der Waals surface area contributed by atoms with Crippen LogP contribution in [-0.4, -0.2) is 39.2 Å². The van der Waals surface area contributed by atoms with Gasteiger partial charge >= 0.3 is 5.97 Å². The maximum Gasteiger partial charge on any atom is 0.305 e. The van der Waals surface area contributed by atoms with Crippen molar-refractivity contribution >= 4 is 11.9 Å². The average Bonchev–Trinajstić information content (AvgIpc) is 2.63. The van der Waals surface area contributed by atoms with Gasteiger partial charge in [0.25, 0.3) is 0 Å². The number of nitrogens with zero attached hydrogens (tertiary/aromatic N) is 1. The van der Waals surface area contributed by atoms with E-state index in [1.54, 1.807) is 14.2 Å². The fraction of sp³-hybridized carbons (Fsp3) is 0.579. The fourth-order valence-corrected chi connectivity index (χ4v) is 2.38. The molecule has 0 saturated heterocycles. The van der Waals surface area contributed by atoms with Gasteiger partial charge in [0.1, 0.15) is 5.75 Å². The highest BCUT2D eigenvalue weighted by molar-refractivity contribution is 5.79. The van der Waals surface area contributed by atoms with Crippen molar-refractivity contribution in [2.45, 2.75) is 45.6 Å². The summed E-state index contributed by atoms with van der Waals surface area (Å²) in [7, 11) is 3.43. The summed E-state index contributed by atoms with van der Waals surface area (Å²) in [6.07, 6.45) is 4.57. The smallest absolute Gasteiger partial charge is 0.305 e. The first-order valence-corrected chi connectivity index (χ1v) is 8.92. The van der Waals surface area contributed by atoms with Crippen LogP contribution in [0.15, 0.2) is 29.3 Å². The Balaban J connectivity index is 2.13. The van der Waals surface area contributed by atoms with Crippen LogP contribution in [0.3, 0.4) is 0 Å². The van der Waals surface area contributed by atoms with Crippen molar-refractivity contribution in [3.05, 3.63) is 29.8 Å². The Hall–Kier alpha value is -2.24. The molecule has 1 aromatic rings. The van der Waals surface area contributed by atoms with Crippen LogP contribution in [0.2, 0.25) is 0 Å². The fourth-order valence-electron chi connectivity index (χ4n) is 2.38. The van der Waals surface area contributed by atoms with Gasteiger partial charge in [-0.3, -0.25) is 9.79 Å². The minimum Gasteiger partial charge on any atom is -0.497 e. The highest BCUT2D eigenvalue weighted by atomic mass is 16.5. The van der Waals surface area contributed by atoms with Crippen molar-refractivity contribution in [2.75, 3.05) is 27.3 Å². The van der Waals surface area contributed by atoms with Crippen molar-refractivity contribution in [1.82, 2.24) is 10.6 Å². The van der Waals surface area contributed by atoms with E-state index in [4.69, 9.17) is 9.47 Å². The highest BCUT2D eigenvalue weighted by Crippen LogP contribution is 2.12. The first-order valence-electron chi connectivity index (χ1n) is 8.92. The Bertz CT molecular complexity index is 532. The normalized spacial score (nSPS) is 11.1. The largest absolute Gasteiger partial charge is 0.497 e. The second-order valence-corrected chi connectivity index (χ2v) is 5.67. The lowest BCUT2D eigenvalue weighted by Gasteiger charge is -2.12. The van der Waals surface area contributed by atoms with Gasteiger partial charge in [-0.1, -0.05) is 25.0 Å². The molecule has 0 aliphatic carbocycles. The molecular formula is C19H31N3O3. The molecule has 0 unspecified atom stereocenters. The van der Waals surface area contributed by atoms with Crippen LogP contribution in [0.25, 0.3) is 0 Å². The monoisotopic (exact) mass is 349 g/mol. The Kier molecular flexibility index (Phi) is 10.9. The van der Waals surface area contributed by atoms with Crippen LogP contribution < -0.4 is 15.4 Å². The molecule has 6 heteroatoms. The maximum absolute atomic E-state index is 11.2. The maximum atomic E-state index is 11.2. The van der Waals surface area contributed by atoms with Crippen LogP contribution in [0.1, 0.15) is 44.6 Å². The lowest BCUT2D eigenvalue weighted by atomic mass is 10.1. The number of hydrogen-bond donors (Lipinski definition) is 2. The lowest BCUT2D eigenvalue weighted by Crippen LogP contribution is -2.37. The number of methoxy groups -OCH3 is 1. The standard InChI is InChI=1S/C19H31N3O3/c1-4-25-18(23)12-7-5-6-8-13-21-19(20-2)22-15-16-10-9-11-17(14-16)24-3/h9-11,14H,4-8,12-13,15H2,1-3H3,(H2,20,21,22). The molecule has 1 aromatic carbocycles. The first-order chi connectivity index (χ1) is 12.2. The van der Waals surface area contributed by atoms with Crippen LogP contribution in [-0.2, 0) is 16.1 Å². The van der Waals surface area contributed by atoms with E-state index in [2.05, 4.69) is 15.6 Å². The van der Waals surface area contributed by atoms with Gasteiger partial charge in [-0.2, -0.15) is 0 Å².